The molecule has 0 aliphatic carbocycles. The Balaban J connectivity index is 1.90. The molecule has 22 heavy (non-hydrogen) atoms. The molecule has 0 aliphatic rings. The Morgan fingerprint density at radius 1 is 1.27 bits per heavy atom. The highest BCUT2D eigenvalue weighted by molar-refractivity contribution is 8.01. The van der Waals surface area contributed by atoms with Gasteiger partial charge in [0.25, 0.3) is 5.91 Å². The predicted octanol–water partition coefficient (Wildman–Crippen LogP) is 1.67. The highest BCUT2D eigenvalue weighted by atomic mass is 32.2. The predicted molar refractivity (Wildman–Crippen MR) is 88.6 cm³/mol. The molecule has 2 amide bonds. The summed E-state index contributed by atoms with van der Waals surface area (Å²) in [4.78, 5) is 23.5. The highest BCUT2D eigenvalue weighted by Gasteiger charge is 2.09. The van der Waals surface area contributed by atoms with Crippen LogP contribution in [0.3, 0.4) is 0 Å². The second kappa shape index (κ2) is 7.76. The number of anilines is 2. The fraction of sp³-hybridized carbons (Fsp3) is 0.231. The van der Waals surface area contributed by atoms with Gasteiger partial charge >= 0.3 is 0 Å². The molecule has 0 fully saturated rings. The van der Waals surface area contributed by atoms with Crippen LogP contribution < -0.4 is 16.0 Å². The zero-order valence-corrected chi connectivity index (χ0v) is 13.7. The largest absolute Gasteiger partial charge is 0.363 e. The zero-order valence-electron chi connectivity index (χ0n) is 12.0. The van der Waals surface area contributed by atoms with Gasteiger partial charge in [0, 0.05) is 25.3 Å². The van der Waals surface area contributed by atoms with Crippen LogP contribution in [-0.4, -0.2) is 41.9 Å². The van der Waals surface area contributed by atoms with E-state index in [1.54, 1.807) is 38.4 Å². The van der Waals surface area contributed by atoms with E-state index in [9.17, 15) is 9.59 Å². The molecule has 0 spiro atoms. The Bertz CT molecular complexity index is 674. The molecule has 1 aromatic heterocycles. The van der Waals surface area contributed by atoms with Crippen LogP contribution in [0.4, 0.5) is 10.8 Å². The lowest BCUT2D eigenvalue weighted by Gasteiger charge is -2.06. The van der Waals surface area contributed by atoms with E-state index in [2.05, 4.69) is 26.1 Å². The number of aromatic nitrogens is 2. The lowest BCUT2D eigenvalue weighted by molar-refractivity contribution is -0.113. The number of hydrogen-bond donors (Lipinski definition) is 3. The van der Waals surface area contributed by atoms with E-state index in [-0.39, 0.29) is 17.6 Å². The molecule has 0 bridgehead atoms. The summed E-state index contributed by atoms with van der Waals surface area (Å²) in [5, 5.41) is 16.7. The molecule has 3 N–H and O–H groups in total. The average Bonchev–Trinajstić information content (AvgIpc) is 3.00. The second-order valence-electron chi connectivity index (χ2n) is 4.12. The molecule has 1 aromatic carbocycles. The Hall–Kier alpha value is -2.13. The fourth-order valence-electron chi connectivity index (χ4n) is 1.58. The summed E-state index contributed by atoms with van der Waals surface area (Å²) < 4.78 is 0.721. The topological polar surface area (TPSA) is 96.0 Å². The third kappa shape index (κ3) is 4.43. The molecule has 0 aliphatic heterocycles. The molecule has 7 nitrogen and oxygen atoms in total. The number of hydrogen-bond acceptors (Lipinski definition) is 7. The van der Waals surface area contributed by atoms with Crippen LogP contribution in [0.1, 0.15) is 10.4 Å². The first-order chi connectivity index (χ1) is 10.6. The number of thioether (sulfide) groups is 1. The number of benzene rings is 1. The summed E-state index contributed by atoms with van der Waals surface area (Å²) in [5.41, 5.74) is 1.08. The van der Waals surface area contributed by atoms with E-state index in [0.717, 1.165) is 4.34 Å². The van der Waals surface area contributed by atoms with Crippen LogP contribution in [0.25, 0.3) is 0 Å². The fourth-order valence-corrected chi connectivity index (χ4v) is 3.08. The van der Waals surface area contributed by atoms with Gasteiger partial charge in [-0.3, -0.25) is 9.59 Å². The Morgan fingerprint density at radius 3 is 2.77 bits per heavy atom. The summed E-state index contributed by atoms with van der Waals surface area (Å²) in [6.07, 6.45) is 0. The quantitative estimate of drug-likeness (QED) is 0.694. The third-order valence-electron chi connectivity index (χ3n) is 2.58. The molecule has 2 aromatic rings. The van der Waals surface area contributed by atoms with Gasteiger partial charge in [0.05, 0.1) is 5.75 Å². The molecule has 0 saturated carbocycles. The van der Waals surface area contributed by atoms with E-state index in [0.29, 0.717) is 16.4 Å². The smallest absolute Gasteiger partial charge is 0.251 e. The van der Waals surface area contributed by atoms with E-state index in [1.165, 1.54) is 23.1 Å². The maximum atomic E-state index is 11.9. The van der Waals surface area contributed by atoms with Crippen LogP contribution in [0.2, 0.25) is 0 Å². The van der Waals surface area contributed by atoms with Gasteiger partial charge in [-0.1, -0.05) is 29.2 Å². The van der Waals surface area contributed by atoms with Gasteiger partial charge in [0.1, 0.15) is 0 Å². The molecule has 1 heterocycles. The monoisotopic (exact) mass is 337 g/mol. The van der Waals surface area contributed by atoms with E-state index in [1.807, 2.05) is 0 Å². The molecule has 0 unspecified atom stereocenters. The van der Waals surface area contributed by atoms with Crippen LogP contribution >= 0.6 is 23.1 Å². The van der Waals surface area contributed by atoms with Crippen LogP contribution in [-0.2, 0) is 4.79 Å². The van der Waals surface area contributed by atoms with Crippen LogP contribution in [0.5, 0.6) is 0 Å². The minimum atomic E-state index is -0.195. The number of nitrogens with zero attached hydrogens (tertiary/aromatic N) is 2. The molecule has 2 rings (SSSR count). The van der Waals surface area contributed by atoms with Crippen molar-refractivity contribution in [1.82, 2.24) is 15.5 Å². The average molecular weight is 337 g/mol. The Labute approximate surface area is 135 Å². The maximum Gasteiger partial charge on any atom is 0.251 e. The molecule has 9 heteroatoms. The lowest BCUT2D eigenvalue weighted by Crippen LogP contribution is -2.18. The van der Waals surface area contributed by atoms with Gasteiger partial charge in [-0.15, -0.1) is 10.2 Å². The van der Waals surface area contributed by atoms with Gasteiger partial charge in [0.15, 0.2) is 4.34 Å². The van der Waals surface area contributed by atoms with Gasteiger partial charge in [-0.05, 0) is 18.2 Å². The summed E-state index contributed by atoms with van der Waals surface area (Å²) >= 11 is 2.70. The first-order valence-electron chi connectivity index (χ1n) is 6.38. The Morgan fingerprint density at radius 2 is 2.09 bits per heavy atom. The van der Waals surface area contributed by atoms with Crippen LogP contribution in [0, 0.1) is 0 Å². The number of rotatable bonds is 6. The third-order valence-corrected chi connectivity index (χ3v) is 4.66. The first kappa shape index (κ1) is 16.2. The van der Waals surface area contributed by atoms with E-state index >= 15 is 0 Å². The summed E-state index contributed by atoms with van der Waals surface area (Å²) in [6.45, 7) is 0. The lowest BCUT2D eigenvalue weighted by atomic mass is 10.2. The minimum Gasteiger partial charge on any atom is -0.363 e. The molecular formula is C13H15N5O2S2. The van der Waals surface area contributed by atoms with E-state index in [4.69, 9.17) is 0 Å². The van der Waals surface area contributed by atoms with Gasteiger partial charge in [-0.25, -0.2) is 0 Å². The normalized spacial score (nSPS) is 10.1. The SMILES string of the molecule is CNC(=O)c1cccc(NC(=O)CSc2nnc(NC)s2)c1. The van der Waals surface area contributed by atoms with Crippen LogP contribution in [0.15, 0.2) is 28.6 Å². The zero-order chi connectivity index (χ0) is 15.9. The Kier molecular flexibility index (Phi) is 5.73. The van der Waals surface area contributed by atoms with Gasteiger partial charge in [0.2, 0.25) is 11.0 Å². The molecular weight excluding hydrogens is 322 g/mol. The van der Waals surface area contributed by atoms with Crippen molar-refractivity contribution in [3.8, 4) is 0 Å². The van der Waals surface area contributed by atoms with Gasteiger partial charge < -0.3 is 16.0 Å². The van der Waals surface area contributed by atoms with E-state index < -0.39 is 0 Å². The van der Waals surface area contributed by atoms with Crippen molar-refractivity contribution in [2.24, 2.45) is 0 Å². The van der Waals surface area contributed by atoms with Crippen molar-refractivity contribution in [2.45, 2.75) is 4.34 Å². The first-order valence-corrected chi connectivity index (χ1v) is 8.18. The highest BCUT2D eigenvalue weighted by Crippen LogP contribution is 2.25. The maximum absolute atomic E-state index is 11.9. The van der Waals surface area contributed by atoms with Crippen molar-refractivity contribution >= 4 is 45.7 Å². The summed E-state index contributed by atoms with van der Waals surface area (Å²) in [5.74, 6) is -0.137. The van der Waals surface area contributed by atoms with Crippen molar-refractivity contribution in [3.63, 3.8) is 0 Å². The van der Waals surface area contributed by atoms with Gasteiger partial charge in [-0.2, -0.15) is 0 Å². The number of amides is 2. The standard InChI is InChI=1S/C13H15N5O2S2/c1-14-11(20)8-4-3-5-9(6-8)16-10(19)7-21-13-18-17-12(15-2)22-13/h3-6H,7H2,1-2H3,(H,14,20)(H,15,17)(H,16,19). The number of nitrogens with one attached hydrogen (secondary N) is 3. The minimum absolute atomic E-state index is 0.166. The second-order valence-corrected chi connectivity index (χ2v) is 6.32. The van der Waals surface area contributed by atoms with Crippen molar-refractivity contribution < 1.29 is 9.59 Å². The van der Waals surface area contributed by atoms with Crippen molar-refractivity contribution in [3.05, 3.63) is 29.8 Å². The molecule has 0 radical (unpaired) electrons. The molecule has 0 saturated heterocycles. The summed E-state index contributed by atoms with van der Waals surface area (Å²) in [7, 11) is 3.33. The number of carbonyl (C=O) groups is 2. The molecule has 0 atom stereocenters. The summed E-state index contributed by atoms with van der Waals surface area (Å²) in [6, 6.07) is 6.77. The van der Waals surface area contributed by atoms with Crippen molar-refractivity contribution in [2.75, 3.05) is 30.5 Å². The molecule has 116 valence electrons. The number of carbonyl (C=O) groups excluding carboxylic acids is 2. The van der Waals surface area contributed by atoms with Crippen molar-refractivity contribution in [1.29, 1.82) is 0 Å².